The van der Waals surface area contributed by atoms with Crippen molar-refractivity contribution >= 4 is 0 Å². The van der Waals surface area contributed by atoms with Crippen molar-refractivity contribution in [2.45, 2.75) is 39.2 Å². The Kier molecular flexibility index (Phi) is 6.98. The van der Waals surface area contributed by atoms with Gasteiger partial charge in [0.15, 0.2) is 0 Å². The third-order valence-corrected chi connectivity index (χ3v) is 2.96. The number of ether oxygens (including phenoxy) is 1. The van der Waals surface area contributed by atoms with Crippen LogP contribution in [0.1, 0.15) is 33.1 Å². The molecule has 0 aromatic rings. The van der Waals surface area contributed by atoms with E-state index < -0.39 is 0 Å². The number of nitrogens with zero attached hydrogens (tertiary/aromatic N) is 1. The van der Waals surface area contributed by atoms with Crippen molar-refractivity contribution in [3.8, 4) is 0 Å². The maximum atomic E-state index is 5.57. The van der Waals surface area contributed by atoms with Gasteiger partial charge in [-0.1, -0.05) is 20.3 Å². The van der Waals surface area contributed by atoms with Crippen LogP contribution in [0.2, 0.25) is 0 Å². The van der Waals surface area contributed by atoms with E-state index in [0.717, 1.165) is 26.3 Å². The molecular formula is C12H26N2O. The number of likely N-dealkylation sites (N-methyl/N-ethyl adjacent to an activating group) is 1. The van der Waals surface area contributed by atoms with Gasteiger partial charge in [0, 0.05) is 25.7 Å². The zero-order valence-electron chi connectivity index (χ0n) is 10.3. The summed E-state index contributed by atoms with van der Waals surface area (Å²) >= 11 is 0. The van der Waals surface area contributed by atoms with E-state index in [2.05, 4.69) is 24.1 Å². The van der Waals surface area contributed by atoms with Crippen molar-refractivity contribution < 1.29 is 4.74 Å². The molecule has 1 unspecified atom stereocenters. The van der Waals surface area contributed by atoms with Crippen LogP contribution >= 0.6 is 0 Å². The first-order valence-electron chi connectivity index (χ1n) is 6.40. The van der Waals surface area contributed by atoms with Crippen LogP contribution in [0.3, 0.4) is 0 Å². The van der Waals surface area contributed by atoms with E-state index in [4.69, 9.17) is 4.74 Å². The second kappa shape index (κ2) is 8.08. The van der Waals surface area contributed by atoms with Gasteiger partial charge >= 0.3 is 0 Å². The van der Waals surface area contributed by atoms with E-state index in [1.54, 1.807) is 0 Å². The van der Waals surface area contributed by atoms with Gasteiger partial charge in [0.1, 0.15) is 0 Å². The first-order valence-corrected chi connectivity index (χ1v) is 6.40. The second-order valence-corrected chi connectivity index (χ2v) is 4.31. The van der Waals surface area contributed by atoms with Crippen molar-refractivity contribution in [3.63, 3.8) is 0 Å². The van der Waals surface area contributed by atoms with Crippen LogP contribution in [-0.4, -0.2) is 50.3 Å². The minimum Gasteiger partial charge on any atom is -0.380 e. The first kappa shape index (κ1) is 12.9. The maximum Gasteiger partial charge on any atom is 0.0593 e. The summed E-state index contributed by atoms with van der Waals surface area (Å²) in [6.07, 6.45) is 3.72. The summed E-state index contributed by atoms with van der Waals surface area (Å²) in [6, 6.07) is 0.714. The molecule has 3 nitrogen and oxygen atoms in total. The third kappa shape index (κ3) is 5.50. The fourth-order valence-electron chi connectivity index (χ4n) is 2.03. The minimum absolute atomic E-state index is 0.714. The van der Waals surface area contributed by atoms with E-state index in [0.29, 0.717) is 6.04 Å². The molecule has 1 rings (SSSR count). The lowest BCUT2D eigenvalue weighted by atomic mass is 10.3. The van der Waals surface area contributed by atoms with Crippen LogP contribution in [-0.2, 0) is 4.74 Å². The largest absolute Gasteiger partial charge is 0.380 e. The predicted octanol–water partition coefficient (Wildman–Crippen LogP) is 1.49. The van der Waals surface area contributed by atoms with Crippen molar-refractivity contribution in [2.75, 3.05) is 39.4 Å². The molecule has 0 spiro atoms. The number of hydrogen-bond donors (Lipinski definition) is 1. The van der Waals surface area contributed by atoms with Crippen LogP contribution < -0.4 is 5.32 Å². The molecule has 1 atom stereocenters. The van der Waals surface area contributed by atoms with Crippen LogP contribution in [0.5, 0.6) is 0 Å². The molecule has 15 heavy (non-hydrogen) atoms. The van der Waals surface area contributed by atoms with Gasteiger partial charge in [-0.15, -0.1) is 0 Å². The lowest BCUT2D eigenvalue weighted by molar-refractivity contribution is 0.108. The van der Waals surface area contributed by atoms with Gasteiger partial charge in [0.25, 0.3) is 0 Å². The molecule has 0 radical (unpaired) electrons. The van der Waals surface area contributed by atoms with Gasteiger partial charge in [-0.05, 0) is 25.9 Å². The maximum absolute atomic E-state index is 5.57. The normalized spacial score (nSPS) is 22.4. The lowest BCUT2D eigenvalue weighted by Gasteiger charge is -2.16. The molecule has 1 saturated heterocycles. The standard InChI is InChI=1S/C12H26N2O/c1-3-5-9-15-10-8-14-7-6-12(11-14)13-4-2/h12-13H,3-11H2,1-2H3. The predicted molar refractivity (Wildman–Crippen MR) is 64.2 cm³/mol. The molecule has 0 aromatic carbocycles. The Morgan fingerprint density at radius 2 is 2.20 bits per heavy atom. The van der Waals surface area contributed by atoms with Gasteiger partial charge in [0.05, 0.1) is 6.61 Å². The van der Waals surface area contributed by atoms with E-state index >= 15 is 0 Å². The van der Waals surface area contributed by atoms with Gasteiger partial charge in [-0.2, -0.15) is 0 Å². The number of likely N-dealkylation sites (tertiary alicyclic amines) is 1. The van der Waals surface area contributed by atoms with Gasteiger partial charge in [0.2, 0.25) is 0 Å². The number of nitrogens with one attached hydrogen (secondary N) is 1. The third-order valence-electron chi connectivity index (χ3n) is 2.96. The Morgan fingerprint density at radius 1 is 1.33 bits per heavy atom. The lowest BCUT2D eigenvalue weighted by Crippen LogP contribution is -2.33. The molecule has 0 aromatic heterocycles. The van der Waals surface area contributed by atoms with Gasteiger partial charge < -0.3 is 10.1 Å². The van der Waals surface area contributed by atoms with Crippen molar-refractivity contribution in [1.29, 1.82) is 0 Å². The fraction of sp³-hybridized carbons (Fsp3) is 1.00. The average Bonchev–Trinajstić information content (AvgIpc) is 2.66. The summed E-state index contributed by atoms with van der Waals surface area (Å²) in [5.74, 6) is 0. The minimum atomic E-state index is 0.714. The molecule has 0 saturated carbocycles. The highest BCUT2D eigenvalue weighted by molar-refractivity contribution is 4.80. The average molecular weight is 214 g/mol. The van der Waals surface area contributed by atoms with Gasteiger partial charge in [-0.3, -0.25) is 4.90 Å². The zero-order valence-corrected chi connectivity index (χ0v) is 10.3. The van der Waals surface area contributed by atoms with Crippen molar-refractivity contribution in [1.82, 2.24) is 10.2 Å². The monoisotopic (exact) mass is 214 g/mol. The SMILES string of the molecule is CCCCOCCN1CCC(NCC)C1. The summed E-state index contributed by atoms with van der Waals surface area (Å²) in [6.45, 7) is 10.8. The molecule has 0 bridgehead atoms. The molecule has 1 heterocycles. The molecule has 1 N–H and O–H groups in total. The Balaban J connectivity index is 1.94. The molecule has 1 aliphatic heterocycles. The smallest absolute Gasteiger partial charge is 0.0593 e. The molecular weight excluding hydrogens is 188 g/mol. The molecule has 1 fully saturated rings. The quantitative estimate of drug-likeness (QED) is 0.620. The van der Waals surface area contributed by atoms with Crippen molar-refractivity contribution in [2.24, 2.45) is 0 Å². The van der Waals surface area contributed by atoms with Crippen LogP contribution in [0.4, 0.5) is 0 Å². The van der Waals surface area contributed by atoms with E-state index in [1.165, 1.54) is 32.4 Å². The molecule has 3 heteroatoms. The summed E-state index contributed by atoms with van der Waals surface area (Å²) in [7, 11) is 0. The Hall–Kier alpha value is -0.120. The number of unbranched alkanes of at least 4 members (excludes halogenated alkanes) is 1. The fourth-order valence-corrected chi connectivity index (χ4v) is 2.03. The Labute approximate surface area is 94.2 Å². The Morgan fingerprint density at radius 3 is 2.93 bits per heavy atom. The highest BCUT2D eigenvalue weighted by Crippen LogP contribution is 2.08. The van der Waals surface area contributed by atoms with Crippen LogP contribution in [0.25, 0.3) is 0 Å². The van der Waals surface area contributed by atoms with Gasteiger partial charge in [-0.25, -0.2) is 0 Å². The van der Waals surface area contributed by atoms with E-state index in [9.17, 15) is 0 Å². The first-order chi connectivity index (χ1) is 7.36. The zero-order chi connectivity index (χ0) is 10.9. The second-order valence-electron chi connectivity index (χ2n) is 4.31. The molecule has 1 aliphatic rings. The number of hydrogen-bond acceptors (Lipinski definition) is 3. The summed E-state index contributed by atoms with van der Waals surface area (Å²) in [5, 5.41) is 3.50. The van der Waals surface area contributed by atoms with E-state index in [-0.39, 0.29) is 0 Å². The van der Waals surface area contributed by atoms with Crippen LogP contribution in [0, 0.1) is 0 Å². The molecule has 0 aliphatic carbocycles. The Bertz CT molecular complexity index is 153. The summed E-state index contributed by atoms with van der Waals surface area (Å²) < 4.78 is 5.57. The highest BCUT2D eigenvalue weighted by Gasteiger charge is 2.20. The topological polar surface area (TPSA) is 24.5 Å². The van der Waals surface area contributed by atoms with Crippen molar-refractivity contribution in [3.05, 3.63) is 0 Å². The van der Waals surface area contributed by atoms with E-state index in [1.807, 2.05) is 0 Å². The van der Waals surface area contributed by atoms with Crippen LogP contribution in [0.15, 0.2) is 0 Å². The molecule has 0 amide bonds. The summed E-state index contributed by atoms with van der Waals surface area (Å²) in [4.78, 5) is 2.50. The highest BCUT2D eigenvalue weighted by atomic mass is 16.5. The number of rotatable bonds is 8. The molecule has 90 valence electrons. The summed E-state index contributed by atoms with van der Waals surface area (Å²) in [5.41, 5.74) is 0.